The first-order valence-electron chi connectivity index (χ1n) is 3.86. The molecule has 0 aromatic rings. The van der Waals surface area contributed by atoms with Crippen LogP contribution in [0.2, 0.25) is 0 Å². The summed E-state index contributed by atoms with van der Waals surface area (Å²) < 4.78 is 9.21. The van der Waals surface area contributed by atoms with E-state index in [9.17, 15) is 0 Å². The number of hydrogen-bond acceptors (Lipinski definition) is 4. The second-order valence-corrected chi connectivity index (χ2v) is 7.17. The van der Waals surface area contributed by atoms with Gasteiger partial charge < -0.3 is 24.5 Å². The monoisotopic (exact) mass is 358 g/mol. The van der Waals surface area contributed by atoms with Gasteiger partial charge in [0.15, 0.2) is 0 Å². The van der Waals surface area contributed by atoms with Gasteiger partial charge in [-0.15, -0.1) is 0 Å². The Labute approximate surface area is 120 Å². The first kappa shape index (κ1) is 24.9. The van der Waals surface area contributed by atoms with Crippen molar-refractivity contribution in [3.63, 3.8) is 0 Å². The van der Waals surface area contributed by atoms with Crippen LogP contribution in [0.5, 0.6) is 0 Å². The van der Waals surface area contributed by atoms with Gasteiger partial charge in [0.25, 0.3) is 0 Å². The summed E-state index contributed by atoms with van der Waals surface area (Å²) >= 11 is 9.25. The molecule has 0 aliphatic heterocycles. The average molecular weight is 358 g/mol. The van der Waals surface area contributed by atoms with E-state index >= 15 is 0 Å². The number of rotatable bonds is 2. The topological polar surface area (TPSA) is 18.5 Å². The molecule has 2 nitrogen and oxygen atoms in total. The SMILES string of the molecule is CO[P+]([S-])([S-])OC.C[CH]C.C[CH]C.[In+]. The summed E-state index contributed by atoms with van der Waals surface area (Å²) in [6.45, 7) is 8.00. The molecule has 0 N–H and O–H groups in total. The van der Waals surface area contributed by atoms with Crippen LogP contribution in [0.4, 0.5) is 0 Å². The Bertz CT molecular complexity index is 79.7. The summed E-state index contributed by atoms with van der Waals surface area (Å²) in [5, 5.41) is 0. The van der Waals surface area contributed by atoms with E-state index in [2.05, 4.69) is 33.5 Å². The van der Waals surface area contributed by atoms with Gasteiger partial charge in [0.1, 0.15) is 0 Å². The Hall–Kier alpha value is 1.92. The average Bonchev–Trinajstić information content (AvgIpc) is 2.08. The molecule has 4 radical (unpaired) electrons. The fourth-order valence-electron chi connectivity index (χ4n) is 0.0745. The van der Waals surface area contributed by atoms with E-state index in [4.69, 9.17) is 0 Å². The van der Waals surface area contributed by atoms with Gasteiger partial charge in [-0.25, -0.2) is 0 Å². The van der Waals surface area contributed by atoms with Crippen molar-refractivity contribution >= 4 is 56.5 Å². The molecule has 0 spiro atoms. The molecule has 0 aromatic heterocycles. The first-order chi connectivity index (χ1) is 5.95. The number of hydrogen-bond donors (Lipinski definition) is 0. The van der Waals surface area contributed by atoms with Gasteiger partial charge in [0.2, 0.25) is 0 Å². The summed E-state index contributed by atoms with van der Waals surface area (Å²) in [4.78, 5) is 0. The molecule has 0 aliphatic carbocycles. The largest absolute Gasteiger partial charge is 1.00 e. The standard InChI is InChI=1S/2C3H7.C2H7O2PS2.In/c2*1-3-2;1-3-5(6,7)4-2;/h2*3H,1-2H3;1-2H3,(H,6,7);/q;;;+1/p-1. The van der Waals surface area contributed by atoms with Crippen LogP contribution in [0.1, 0.15) is 27.7 Å². The van der Waals surface area contributed by atoms with Crippen molar-refractivity contribution in [2.24, 2.45) is 0 Å². The molecule has 0 fully saturated rings. The fraction of sp³-hybridized carbons (Fsp3) is 0.750. The van der Waals surface area contributed by atoms with E-state index in [1.807, 2.05) is 40.5 Å². The van der Waals surface area contributed by atoms with Gasteiger partial charge in [-0.1, -0.05) is 27.7 Å². The normalized spacial score (nSPS) is 8.57. The van der Waals surface area contributed by atoms with E-state index < -0.39 is 6.12 Å². The molecule has 0 heterocycles. The zero-order chi connectivity index (χ0) is 11.3. The zero-order valence-electron chi connectivity index (χ0n) is 9.81. The van der Waals surface area contributed by atoms with Crippen LogP contribution in [0.3, 0.4) is 0 Å². The maximum atomic E-state index is 4.63. The van der Waals surface area contributed by atoms with Crippen LogP contribution < -0.4 is 0 Å². The van der Waals surface area contributed by atoms with Crippen molar-refractivity contribution in [2.45, 2.75) is 27.7 Å². The Kier molecular flexibility index (Phi) is 36.2. The molecule has 6 heteroatoms. The summed E-state index contributed by atoms with van der Waals surface area (Å²) in [5.74, 6) is 0. The quantitative estimate of drug-likeness (QED) is 0.558. The molecule has 0 bridgehead atoms. The Morgan fingerprint density at radius 2 is 1.00 bits per heavy atom. The summed E-state index contributed by atoms with van der Waals surface area (Å²) in [5.41, 5.74) is 0. The predicted molar refractivity (Wildman–Crippen MR) is 72.7 cm³/mol. The van der Waals surface area contributed by atoms with Crippen LogP contribution in [0, 0.1) is 12.8 Å². The van der Waals surface area contributed by atoms with Gasteiger partial charge in [-0.3, -0.25) is 9.05 Å². The Morgan fingerprint density at radius 1 is 0.857 bits per heavy atom. The van der Waals surface area contributed by atoms with Crippen molar-refractivity contribution in [1.82, 2.24) is 0 Å². The summed E-state index contributed by atoms with van der Waals surface area (Å²) in [6, 6.07) is 0. The molecule has 14 heavy (non-hydrogen) atoms. The van der Waals surface area contributed by atoms with Crippen LogP contribution in [-0.4, -0.2) is 40.1 Å². The molecule has 0 atom stereocenters. The minimum absolute atomic E-state index is 0. The third-order valence-corrected chi connectivity index (χ3v) is 3.13. The minimum Gasteiger partial charge on any atom is -0.516 e. The second kappa shape index (κ2) is 20.3. The van der Waals surface area contributed by atoms with E-state index in [1.54, 1.807) is 0 Å². The van der Waals surface area contributed by atoms with Crippen LogP contribution in [0.25, 0.3) is 0 Å². The van der Waals surface area contributed by atoms with Crippen molar-refractivity contribution in [1.29, 1.82) is 0 Å². The molecule has 0 saturated heterocycles. The van der Waals surface area contributed by atoms with Crippen molar-refractivity contribution < 1.29 is 9.05 Å². The van der Waals surface area contributed by atoms with Crippen LogP contribution in [-0.2, 0) is 33.5 Å². The van der Waals surface area contributed by atoms with E-state index in [-0.39, 0.29) is 25.8 Å². The molecule has 84 valence electrons. The van der Waals surface area contributed by atoms with Gasteiger partial charge in [0, 0.05) is 6.12 Å². The molecule has 0 aromatic carbocycles. The van der Waals surface area contributed by atoms with Gasteiger partial charge in [-0.05, 0) is 12.8 Å². The maximum absolute atomic E-state index is 4.63. The predicted octanol–water partition coefficient (Wildman–Crippen LogP) is 3.13. The van der Waals surface area contributed by atoms with Crippen molar-refractivity contribution in [3.05, 3.63) is 12.8 Å². The van der Waals surface area contributed by atoms with Crippen molar-refractivity contribution in [2.75, 3.05) is 14.2 Å². The van der Waals surface area contributed by atoms with E-state index in [1.165, 1.54) is 14.2 Å². The third kappa shape index (κ3) is 37.0. The third-order valence-electron chi connectivity index (χ3n) is 0.447. The summed E-state index contributed by atoms with van der Waals surface area (Å²) in [6.07, 6.45) is 1.76. The minimum atomic E-state index is -2.24. The van der Waals surface area contributed by atoms with Crippen molar-refractivity contribution in [3.8, 4) is 0 Å². The van der Waals surface area contributed by atoms with E-state index in [0.29, 0.717) is 0 Å². The molecular weight excluding hydrogens is 338 g/mol. The van der Waals surface area contributed by atoms with E-state index in [0.717, 1.165) is 0 Å². The van der Waals surface area contributed by atoms with Gasteiger partial charge in [-0.2, -0.15) is 0 Å². The molecule has 0 unspecified atom stereocenters. The second-order valence-electron chi connectivity index (χ2n) is 1.97. The van der Waals surface area contributed by atoms with Gasteiger partial charge in [0.05, 0.1) is 14.2 Å². The maximum Gasteiger partial charge on any atom is 1.00 e. The molecular formula is C8H20InO2PS2. The smallest absolute Gasteiger partial charge is 0.516 e. The fourth-order valence-corrected chi connectivity index (χ4v) is 0.224. The van der Waals surface area contributed by atoms with Gasteiger partial charge >= 0.3 is 25.8 Å². The molecule has 0 aliphatic rings. The van der Waals surface area contributed by atoms with Crippen LogP contribution >= 0.6 is 6.12 Å². The summed E-state index contributed by atoms with van der Waals surface area (Å²) in [7, 11) is 2.91. The zero-order valence-corrected chi connectivity index (χ0v) is 15.6. The molecule has 0 rings (SSSR count). The Morgan fingerprint density at radius 3 is 1.00 bits per heavy atom. The molecule has 0 amide bonds. The van der Waals surface area contributed by atoms with Crippen LogP contribution in [0.15, 0.2) is 0 Å². The first-order valence-corrected chi connectivity index (χ1v) is 7.51. The molecule has 0 saturated carbocycles. The Balaban J connectivity index is -0.0000000610.